The fourth-order valence-corrected chi connectivity index (χ4v) is 2.29. The fraction of sp³-hybridized carbons (Fsp3) is 0.667. The number of nitrogens with two attached hydrogens (primary N) is 1. The van der Waals surface area contributed by atoms with Crippen molar-refractivity contribution in [2.45, 2.75) is 25.9 Å². The molecule has 1 aromatic heterocycles. The van der Waals surface area contributed by atoms with Gasteiger partial charge in [-0.3, -0.25) is 4.68 Å². The number of hydrogen-bond donors (Lipinski definition) is 1. The quantitative estimate of drug-likeness (QED) is 0.792. The van der Waals surface area contributed by atoms with Crippen LogP contribution in [0.3, 0.4) is 0 Å². The molecule has 0 saturated heterocycles. The third-order valence-corrected chi connectivity index (χ3v) is 3.01. The summed E-state index contributed by atoms with van der Waals surface area (Å²) in [5.41, 5.74) is 6.60. The molecule has 0 spiro atoms. The third-order valence-electron chi connectivity index (χ3n) is 2.05. The standard InChI is InChI=1S/C9H17N3O2S/c1-3-6-12-9(4-5-11-12)8(10)7-15(2,13)14/h4-5,8H,3,6-7,10H2,1-2H3. The van der Waals surface area contributed by atoms with E-state index in [1.807, 2.05) is 6.92 Å². The van der Waals surface area contributed by atoms with Gasteiger partial charge in [-0.15, -0.1) is 0 Å². The number of sulfone groups is 1. The van der Waals surface area contributed by atoms with E-state index in [4.69, 9.17) is 5.73 Å². The summed E-state index contributed by atoms with van der Waals surface area (Å²) in [6.45, 7) is 2.80. The molecule has 0 saturated carbocycles. The topological polar surface area (TPSA) is 78.0 Å². The molecule has 0 aliphatic rings. The van der Waals surface area contributed by atoms with Crippen molar-refractivity contribution in [2.75, 3.05) is 12.0 Å². The first-order valence-electron chi connectivity index (χ1n) is 4.89. The van der Waals surface area contributed by atoms with Crippen LogP contribution in [0.1, 0.15) is 25.1 Å². The van der Waals surface area contributed by atoms with Gasteiger partial charge in [-0.2, -0.15) is 5.10 Å². The summed E-state index contributed by atoms with van der Waals surface area (Å²) in [5.74, 6) is -0.0393. The van der Waals surface area contributed by atoms with Crippen LogP contribution in [0.2, 0.25) is 0 Å². The smallest absolute Gasteiger partial charge is 0.149 e. The Morgan fingerprint density at radius 2 is 2.27 bits per heavy atom. The molecule has 1 rings (SSSR count). The zero-order valence-electron chi connectivity index (χ0n) is 9.05. The third kappa shape index (κ3) is 3.64. The van der Waals surface area contributed by atoms with Gasteiger partial charge in [0.1, 0.15) is 9.84 Å². The van der Waals surface area contributed by atoms with Crippen LogP contribution < -0.4 is 5.73 Å². The van der Waals surface area contributed by atoms with Gasteiger partial charge >= 0.3 is 0 Å². The minimum absolute atomic E-state index is 0.0393. The monoisotopic (exact) mass is 231 g/mol. The SMILES string of the molecule is CCCn1nccc1C(N)CS(C)(=O)=O. The van der Waals surface area contributed by atoms with Crippen LogP contribution in [0.25, 0.3) is 0 Å². The van der Waals surface area contributed by atoms with Gasteiger partial charge in [0.2, 0.25) is 0 Å². The Balaban J connectivity index is 2.81. The summed E-state index contributed by atoms with van der Waals surface area (Å²) >= 11 is 0. The Hall–Kier alpha value is -0.880. The molecule has 15 heavy (non-hydrogen) atoms. The minimum Gasteiger partial charge on any atom is -0.322 e. The number of aryl methyl sites for hydroxylation is 1. The van der Waals surface area contributed by atoms with Crippen molar-refractivity contribution in [2.24, 2.45) is 5.73 Å². The normalized spacial score (nSPS) is 14.1. The van der Waals surface area contributed by atoms with E-state index >= 15 is 0 Å². The van der Waals surface area contributed by atoms with Gasteiger partial charge in [-0.25, -0.2) is 8.42 Å². The Bertz CT molecular complexity index is 411. The first kappa shape index (κ1) is 12.2. The van der Waals surface area contributed by atoms with E-state index in [1.54, 1.807) is 16.9 Å². The highest BCUT2D eigenvalue weighted by Gasteiger charge is 2.16. The Morgan fingerprint density at radius 1 is 1.60 bits per heavy atom. The van der Waals surface area contributed by atoms with Crippen LogP contribution in [-0.2, 0) is 16.4 Å². The van der Waals surface area contributed by atoms with Crippen molar-refractivity contribution in [3.63, 3.8) is 0 Å². The predicted molar refractivity (Wildman–Crippen MR) is 59.2 cm³/mol. The van der Waals surface area contributed by atoms with Gasteiger partial charge in [-0.1, -0.05) is 6.92 Å². The average molecular weight is 231 g/mol. The lowest BCUT2D eigenvalue weighted by Gasteiger charge is -2.12. The number of aromatic nitrogens is 2. The van der Waals surface area contributed by atoms with Crippen molar-refractivity contribution in [1.29, 1.82) is 0 Å². The maximum Gasteiger partial charge on any atom is 0.149 e. The summed E-state index contributed by atoms with van der Waals surface area (Å²) in [7, 11) is -3.05. The van der Waals surface area contributed by atoms with Crippen molar-refractivity contribution >= 4 is 9.84 Å². The Labute approximate surface area is 90.2 Å². The Morgan fingerprint density at radius 3 is 2.80 bits per heavy atom. The van der Waals surface area contributed by atoms with Crippen LogP contribution >= 0.6 is 0 Å². The van der Waals surface area contributed by atoms with Crippen LogP contribution in [-0.4, -0.2) is 30.2 Å². The zero-order chi connectivity index (χ0) is 11.5. The second-order valence-electron chi connectivity index (χ2n) is 3.68. The number of hydrogen-bond acceptors (Lipinski definition) is 4. The molecule has 0 aliphatic carbocycles. The second kappa shape index (κ2) is 4.76. The summed E-state index contributed by atoms with van der Waals surface area (Å²) in [4.78, 5) is 0. The lowest BCUT2D eigenvalue weighted by Crippen LogP contribution is -2.24. The van der Waals surface area contributed by atoms with Crippen LogP contribution in [0, 0.1) is 0 Å². The highest BCUT2D eigenvalue weighted by Crippen LogP contribution is 2.12. The summed E-state index contributed by atoms with van der Waals surface area (Å²) in [5, 5.41) is 4.10. The molecule has 86 valence electrons. The number of rotatable bonds is 5. The molecular formula is C9H17N3O2S. The zero-order valence-corrected chi connectivity index (χ0v) is 9.87. The predicted octanol–water partition coefficient (Wildman–Crippen LogP) is 0.338. The molecule has 2 N–H and O–H groups in total. The number of nitrogens with zero attached hydrogens (tertiary/aromatic N) is 2. The molecular weight excluding hydrogens is 214 g/mol. The second-order valence-corrected chi connectivity index (χ2v) is 5.86. The molecule has 1 unspecified atom stereocenters. The summed E-state index contributed by atoms with van der Waals surface area (Å²) in [6.07, 6.45) is 3.78. The van der Waals surface area contributed by atoms with Crippen molar-refractivity contribution in [3.8, 4) is 0 Å². The van der Waals surface area contributed by atoms with Gasteiger partial charge in [0.25, 0.3) is 0 Å². The van der Waals surface area contributed by atoms with E-state index in [0.717, 1.165) is 18.7 Å². The van der Waals surface area contributed by atoms with Gasteiger partial charge in [-0.05, 0) is 12.5 Å². The van der Waals surface area contributed by atoms with E-state index in [-0.39, 0.29) is 5.75 Å². The molecule has 0 amide bonds. The molecule has 1 aromatic rings. The molecule has 0 bridgehead atoms. The molecule has 0 fully saturated rings. The highest BCUT2D eigenvalue weighted by molar-refractivity contribution is 7.90. The Kier molecular flexibility index (Phi) is 3.87. The first-order chi connectivity index (χ1) is 6.94. The first-order valence-corrected chi connectivity index (χ1v) is 6.95. The molecule has 1 heterocycles. The minimum atomic E-state index is -3.05. The van der Waals surface area contributed by atoms with Crippen LogP contribution in [0.4, 0.5) is 0 Å². The molecule has 0 aliphatic heterocycles. The lowest BCUT2D eigenvalue weighted by atomic mass is 10.2. The van der Waals surface area contributed by atoms with Crippen molar-refractivity contribution in [3.05, 3.63) is 18.0 Å². The fourth-order valence-electron chi connectivity index (χ4n) is 1.47. The average Bonchev–Trinajstić information content (AvgIpc) is 2.49. The lowest BCUT2D eigenvalue weighted by molar-refractivity contribution is 0.546. The van der Waals surface area contributed by atoms with E-state index in [1.165, 1.54) is 6.26 Å². The van der Waals surface area contributed by atoms with Crippen LogP contribution in [0.5, 0.6) is 0 Å². The summed E-state index contributed by atoms with van der Waals surface area (Å²) in [6, 6.07) is 1.28. The van der Waals surface area contributed by atoms with Crippen LogP contribution in [0.15, 0.2) is 12.3 Å². The molecule has 0 radical (unpaired) electrons. The molecule has 5 nitrogen and oxygen atoms in total. The van der Waals surface area contributed by atoms with E-state index < -0.39 is 15.9 Å². The molecule has 1 atom stereocenters. The van der Waals surface area contributed by atoms with Crippen molar-refractivity contribution < 1.29 is 8.42 Å². The van der Waals surface area contributed by atoms with Gasteiger partial charge in [0, 0.05) is 19.0 Å². The van der Waals surface area contributed by atoms with Crippen molar-refractivity contribution in [1.82, 2.24) is 9.78 Å². The molecule has 6 heteroatoms. The van der Waals surface area contributed by atoms with E-state index in [9.17, 15) is 8.42 Å². The van der Waals surface area contributed by atoms with Gasteiger partial charge in [0.05, 0.1) is 17.5 Å². The maximum atomic E-state index is 11.1. The summed E-state index contributed by atoms with van der Waals surface area (Å²) < 4.78 is 24.0. The van der Waals surface area contributed by atoms with E-state index in [2.05, 4.69) is 5.10 Å². The maximum absolute atomic E-state index is 11.1. The largest absolute Gasteiger partial charge is 0.322 e. The van der Waals surface area contributed by atoms with Gasteiger partial charge in [0.15, 0.2) is 0 Å². The molecule has 0 aromatic carbocycles. The van der Waals surface area contributed by atoms with E-state index in [0.29, 0.717) is 0 Å². The van der Waals surface area contributed by atoms with Gasteiger partial charge < -0.3 is 5.73 Å². The highest BCUT2D eigenvalue weighted by atomic mass is 32.2.